The maximum Gasteiger partial charge on any atom is 0.293 e. The molecule has 0 spiro atoms. The zero-order chi connectivity index (χ0) is 8.74. The van der Waals surface area contributed by atoms with Crippen LogP contribution in [-0.2, 0) is 9.53 Å². The standard InChI is InChI=1S/C6H12.C3H6O2/c1-3-6(2)4-5-6;1-2-5-3-4/h3-5H2,1-2H3;3H,2H2,1H3. The molecule has 1 saturated carbocycles. The average Bonchev–Trinajstić information content (AvgIpc) is 2.73. The Bertz CT molecular complexity index is 106. The molecule has 0 heterocycles. The van der Waals surface area contributed by atoms with E-state index >= 15 is 0 Å². The molecule has 0 unspecified atom stereocenters. The van der Waals surface area contributed by atoms with E-state index in [9.17, 15) is 4.79 Å². The van der Waals surface area contributed by atoms with Crippen LogP contribution >= 0.6 is 0 Å². The van der Waals surface area contributed by atoms with Gasteiger partial charge in [-0.1, -0.05) is 20.3 Å². The Labute approximate surface area is 68.9 Å². The van der Waals surface area contributed by atoms with Gasteiger partial charge in [0.05, 0.1) is 6.61 Å². The summed E-state index contributed by atoms with van der Waals surface area (Å²) in [6.45, 7) is 7.29. The Kier molecular flexibility index (Phi) is 4.92. The minimum absolute atomic E-state index is 0.431. The van der Waals surface area contributed by atoms with E-state index in [-0.39, 0.29) is 0 Å². The third-order valence-corrected chi connectivity index (χ3v) is 2.19. The van der Waals surface area contributed by atoms with Gasteiger partial charge in [0, 0.05) is 0 Å². The Balaban J connectivity index is 0.000000187. The van der Waals surface area contributed by atoms with Crippen molar-refractivity contribution in [2.75, 3.05) is 6.61 Å². The van der Waals surface area contributed by atoms with E-state index in [2.05, 4.69) is 18.6 Å². The van der Waals surface area contributed by atoms with E-state index in [4.69, 9.17) is 0 Å². The minimum Gasteiger partial charge on any atom is -0.468 e. The minimum atomic E-state index is 0.431. The van der Waals surface area contributed by atoms with Gasteiger partial charge in [-0.2, -0.15) is 0 Å². The van der Waals surface area contributed by atoms with Crippen molar-refractivity contribution in [2.45, 2.75) is 40.0 Å². The van der Waals surface area contributed by atoms with Gasteiger partial charge in [-0.3, -0.25) is 4.79 Å². The van der Waals surface area contributed by atoms with Gasteiger partial charge in [0.15, 0.2) is 0 Å². The average molecular weight is 158 g/mol. The number of rotatable bonds is 3. The molecule has 0 aromatic heterocycles. The molecule has 11 heavy (non-hydrogen) atoms. The van der Waals surface area contributed by atoms with Crippen molar-refractivity contribution in [3.05, 3.63) is 0 Å². The van der Waals surface area contributed by atoms with E-state index in [0.717, 1.165) is 5.41 Å². The third kappa shape index (κ3) is 5.89. The topological polar surface area (TPSA) is 26.3 Å². The Morgan fingerprint density at radius 1 is 1.45 bits per heavy atom. The molecule has 0 aliphatic heterocycles. The first-order chi connectivity index (χ1) is 5.18. The molecular formula is C9H18O2. The Morgan fingerprint density at radius 2 is 2.00 bits per heavy atom. The van der Waals surface area contributed by atoms with E-state index < -0.39 is 0 Å². The maximum absolute atomic E-state index is 9.18. The van der Waals surface area contributed by atoms with Crippen molar-refractivity contribution in [2.24, 2.45) is 5.41 Å². The molecule has 0 radical (unpaired) electrons. The molecule has 2 nitrogen and oxygen atoms in total. The lowest BCUT2D eigenvalue weighted by molar-refractivity contribution is -0.128. The van der Waals surface area contributed by atoms with Gasteiger partial charge in [0.25, 0.3) is 6.47 Å². The largest absolute Gasteiger partial charge is 0.468 e. The van der Waals surface area contributed by atoms with Crippen LogP contribution in [0, 0.1) is 5.41 Å². The van der Waals surface area contributed by atoms with Gasteiger partial charge >= 0.3 is 0 Å². The smallest absolute Gasteiger partial charge is 0.293 e. The van der Waals surface area contributed by atoms with E-state index in [1.165, 1.54) is 19.3 Å². The van der Waals surface area contributed by atoms with Crippen molar-refractivity contribution in [3.63, 3.8) is 0 Å². The summed E-state index contributed by atoms with van der Waals surface area (Å²) in [6, 6.07) is 0. The summed E-state index contributed by atoms with van der Waals surface area (Å²) in [4.78, 5) is 9.18. The summed E-state index contributed by atoms with van der Waals surface area (Å²) in [5, 5.41) is 0. The Hall–Kier alpha value is -0.530. The number of hydrogen-bond acceptors (Lipinski definition) is 2. The molecule has 0 aromatic rings. The number of carbonyl (C=O) groups is 1. The molecule has 0 atom stereocenters. The van der Waals surface area contributed by atoms with Crippen LogP contribution in [0.1, 0.15) is 40.0 Å². The van der Waals surface area contributed by atoms with Crippen LogP contribution in [-0.4, -0.2) is 13.1 Å². The third-order valence-electron chi connectivity index (χ3n) is 2.19. The van der Waals surface area contributed by atoms with Gasteiger partial charge in [-0.15, -0.1) is 0 Å². The van der Waals surface area contributed by atoms with Crippen LogP contribution < -0.4 is 0 Å². The maximum atomic E-state index is 9.18. The molecule has 1 aliphatic rings. The number of hydrogen-bond donors (Lipinski definition) is 0. The van der Waals surface area contributed by atoms with Crippen molar-refractivity contribution in [1.82, 2.24) is 0 Å². The summed E-state index contributed by atoms with van der Waals surface area (Å²) < 4.78 is 4.15. The van der Waals surface area contributed by atoms with Gasteiger partial charge in [-0.25, -0.2) is 0 Å². The molecule has 1 aliphatic carbocycles. The fraction of sp³-hybridized carbons (Fsp3) is 0.889. The predicted octanol–water partition coefficient (Wildman–Crippen LogP) is 2.38. The van der Waals surface area contributed by atoms with E-state index in [0.29, 0.717) is 13.1 Å². The Morgan fingerprint density at radius 3 is 2.00 bits per heavy atom. The zero-order valence-corrected chi connectivity index (χ0v) is 7.72. The second-order valence-electron chi connectivity index (χ2n) is 3.22. The number of ether oxygens (including phenoxy) is 1. The van der Waals surface area contributed by atoms with Crippen molar-refractivity contribution in [3.8, 4) is 0 Å². The molecule has 1 rings (SSSR count). The summed E-state index contributed by atoms with van der Waals surface area (Å²) in [5.41, 5.74) is 0.792. The number of carbonyl (C=O) groups excluding carboxylic acids is 1. The molecule has 66 valence electrons. The van der Waals surface area contributed by atoms with Crippen LogP contribution in [0.2, 0.25) is 0 Å². The van der Waals surface area contributed by atoms with Crippen molar-refractivity contribution >= 4 is 6.47 Å². The molecule has 0 aromatic carbocycles. The highest BCUT2D eigenvalue weighted by Crippen LogP contribution is 2.47. The van der Waals surface area contributed by atoms with Crippen molar-refractivity contribution in [1.29, 1.82) is 0 Å². The van der Waals surface area contributed by atoms with Crippen LogP contribution in [0.15, 0.2) is 0 Å². The van der Waals surface area contributed by atoms with Crippen LogP contribution in [0.3, 0.4) is 0 Å². The fourth-order valence-electron chi connectivity index (χ4n) is 0.635. The summed E-state index contributed by atoms with van der Waals surface area (Å²) in [6.07, 6.45) is 4.33. The fourth-order valence-corrected chi connectivity index (χ4v) is 0.635. The zero-order valence-electron chi connectivity index (χ0n) is 7.72. The predicted molar refractivity (Wildman–Crippen MR) is 45.3 cm³/mol. The van der Waals surface area contributed by atoms with E-state index in [1.807, 2.05) is 0 Å². The molecule has 0 amide bonds. The van der Waals surface area contributed by atoms with E-state index in [1.54, 1.807) is 6.92 Å². The van der Waals surface area contributed by atoms with Crippen LogP contribution in [0.4, 0.5) is 0 Å². The van der Waals surface area contributed by atoms with Crippen LogP contribution in [0.25, 0.3) is 0 Å². The van der Waals surface area contributed by atoms with Gasteiger partial charge in [0.1, 0.15) is 0 Å². The monoisotopic (exact) mass is 158 g/mol. The van der Waals surface area contributed by atoms with Gasteiger partial charge < -0.3 is 4.74 Å². The highest BCUT2D eigenvalue weighted by Gasteiger charge is 2.34. The second kappa shape index (κ2) is 5.16. The lowest BCUT2D eigenvalue weighted by Gasteiger charge is -1.96. The first-order valence-corrected chi connectivity index (χ1v) is 4.23. The molecule has 0 N–H and O–H groups in total. The molecule has 2 heteroatoms. The molecule has 0 bridgehead atoms. The summed E-state index contributed by atoms with van der Waals surface area (Å²) >= 11 is 0. The van der Waals surface area contributed by atoms with Gasteiger partial charge in [0.2, 0.25) is 0 Å². The highest BCUT2D eigenvalue weighted by molar-refractivity contribution is 5.36. The SMILES string of the molecule is CCC1(C)CC1.CCOC=O. The lowest BCUT2D eigenvalue weighted by Crippen LogP contribution is -1.84. The first-order valence-electron chi connectivity index (χ1n) is 4.23. The molecular weight excluding hydrogens is 140 g/mol. The van der Waals surface area contributed by atoms with Crippen LogP contribution in [0.5, 0.6) is 0 Å². The second-order valence-corrected chi connectivity index (χ2v) is 3.22. The quantitative estimate of drug-likeness (QED) is 0.589. The van der Waals surface area contributed by atoms with Crippen molar-refractivity contribution < 1.29 is 9.53 Å². The normalized spacial score (nSPS) is 17.7. The molecule has 1 fully saturated rings. The first kappa shape index (κ1) is 10.5. The molecule has 0 saturated heterocycles. The summed E-state index contributed by atoms with van der Waals surface area (Å²) in [7, 11) is 0. The van der Waals surface area contributed by atoms with Gasteiger partial charge in [-0.05, 0) is 25.2 Å². The highest BCUT2D eigenvalue weighted by atomic mass is 16.5. The summed E-state index contributed by atoms with van der Waals surface area (Å²) in [5.74, 6) is 0. The lowest BCUT2D eigenvalue weighted by atomic mass is 10.1.